The number of nitrogens with one attached hydrogen (secondary N) is 1. The molecule has 4 aromatic rings. The molecule has 0 saturated heterocycles. The Balaban J connectivity index is 1.66. The minimum absolute atomic E-state index is 0.00917. The highest BCUT2D eigenvalue weighted by Gasteiger charge is 2.25. The van der Waals surface area contributed by atoms with Crippen LogP contribution in [0.4, 0.5) is 5.82 Å². The fourth-order valence-electron chi connectivity index (χ4n) is 2.93. The molecule has 0 fully saturated rings. The van der Waals surface area contributed by atoms with Gasteiger partial charge in [-0.05, 0) is 50.9 Å². The van der Waals surface area contributed by atoms with Crippen LogP contribution in [0.25, 0.3) is 17.1 Å². The zero-order valence-corrected chi connectivity index (χ0v) is 18.9. The van der Waals surface area contributed by atoms with Crippen LogP contribution < -0.4 is 15.9 Å². The minimum Gasteiger partial charge on any atom is -0.503 e. The quantitative estimate of drug-likeness (QED) is 0.259. The summed E-state index contributed by atoms with van der Waals surface area (Å²) in [7, 11) is 1.43. The van der Waals surface area contributed by atoms with E-state index in [2.05, 4.69) is 51.7 Å². The summed E-state index contributed by atoms with van der Waals surface area (Å²) in [5.41, 5.74) is 10.8. The first-order valence-corrected chi connectivity index (χ1v) is 10.2. The standard InChI is InChI=1S/C20H17BrN8O4/c1-10-3-5-12(6-4-10)16-15(24-28-29(16)19-18(22)26-33-27-19)20(31)25-23-9-11-7-13(21)17(30)14(8-11)32-2/h3-9,30H,1-2H3,(H2,22,26)(H,25,31). The molecular formula is C20H17BrN8O4. The maximum atomic E-state index is 12.9. The van der Waals surface area contributed by atoms with Gasteiger partial charge < -0.3 is 15.6 Å². The molecule has 0 saturated carbocycles. The average molecular weight is 513 g/mol. The van der Waals surface area contributed by atoms with Gasteiger partial charge in [0.1, 0.15) is 5.69 Å². The number of aromatic nitrogens is 5. The number of aromatic hydroxyl groups is 1. The molecular weight excluding hydrogens is 496 g/mol. The Bertz CT molecular complexity index is 1350. The van der Waals surface area contributed by atoms with E-state index in [1.807, 2.05) is 31.2 Å². The number of methoxy groups -OCH3 is 1. The van der Waals surface area contributed by atoms with E-state index in [9.17, 15) is 9.90 Å². The van der Waals surface area contributed by atoms with Crippen LogP contribution in [0.3, 0.4) is 0 Å². The van der Waals surface area contributed by atoms with Crippen molar-refractivity contribution in [2.24, 2.45) is 5.10 Å². The summed E-state index contributed by atoms with van der Waals surface area (Å²) < 4.78 is 11.5. The van der Waals surface area contributed by atoms with E-state index in [4.69, 9.17) is 10.5 Å². The number of hydrazone groups is 1. The molecule has 0 aliphatic rings. The number of nitrogens with two attached hydrogens (primary N) is 1. The molecule has 0 bridgehead atoms. The number of phenolic OH excluding ortho intramolecular Hbond substituents is 1. The van der Waals surface area contributed by atoms with Gasteiger partial charge in [-0.25, -0.2) is 10.1 Å². The predicted octanol–water partition coefficient (Wildman–Crippen LogP) is 2.45. The van der Waals surface area contributed by atoms with Crippen LogP contribution in [-0.4, -0.2) is 49.6 Å². The lowest BCUT2D eigenvalue weighted by atomic mass is 10.1. The fraction of sp³-hybridized carbons (Fsp3) is 0.100. The van der Waals surface area contributed by atoms with Gasteiger partial charge in [0.25, 0.3) is 5.91 Å². The van der Waals surface area contributed by atoms with Crippen molar-refractivity contribution in [3.8, 4) is 28.6 Å². The number of phenols is 1. The highest BCUT2D eigenvalue weighted by molar-refractivity contribution is 9.10. The fourth-order valence-corrected chi connectivity index (χ4v) is 3.39. The van der Waals surface area contributed by atoms with Gasteiger partial charge in [0.15, 0.2) is 17.2 Å². The molecule has 0 atom stereocenters. The maximum absolute atomic E-state index is 12.9. The first kappa shape index (κ1) is 22.0. The monoisotopic (exact) mass is 512 g/mol. The minimum atomic E-state index is -0.618. The normalized spacial score (nSPS) is 11.1. The first-order valence-electron chi connectivity index (χ1n) is 9.40. The van der Waals surface area contributed by atoms with E-state index in [0.717, 1.165) is 5.56 Å². The van der Waals surface area contributed by atoms with Crippen LogP contribution in [0.2, 0.25) is 0 Å². The topological polar surface area (TPSA) is 167 Å². The molecule has 2 aromatic heterocycles. The van der Waals surface area contributed by atoms with Crippen molar-refractivity contribution in [3.63, 3.8) is 0 Å². The van der Waals surface area contributed by atoms with E-state index in [1.54, 1.807) is 12.1 Å². The molecule has 4 rings (SSSR count). The zero-order chi connectivity index (χ0) is 23.5. The summed E-state index contributed by atoms with van der Waals surface area (Å²) in [5.74, 6) is -0.320. The number of amides is 1. The van der Waals surface area contributed by atoms with Gasteiger partial charge in [0, 0.05) is 5.56 Å². The Labute approximate surface area is 195 Å². The molecule has 2 heterocycles. The molecule has 4 N–H and O–H groups in total. The summed E-state index contributed by atoms with van der Waals surface area (Å²) in [6.45, 7) is 1.94. The SMILES string of the molecule is COc1cc(C=NNC(=O)c2nnn(-c3nonc3N)c2-c2ccc(C)cc2)cc(Br)c1O. The Hall–Kier alpha value is -4.26. The molecule has 13 heteroatoms. The number of nitrogen functional groups attached to an aromatic ring is 1. The Kier molecular flexibility index (Phi) is 6.04. The molecule has 12 nitrogen and oxygen atoms in total. The van der Waals surface area contributed by atoms with Crippen LogP contribution in [0.15, 0.2) is 50.6 Å². The number of carbonyl (C=O) groups excluding carboxylic acids is 1. The summed E-state index contributed by atoms with van der Waals surface area (Å²) in [5, 5.41) is 29.2. The third-order valence-corrected chi connectivity index (χ3v) is 5.16. The van der Waals surface area contributed by atoms with Gasteiger partial charge in [0.05, 0.1) is 17.8 Å². The lowest BCUT2D eigenvalue weighted by Crippen LogP contribution is -2.19. The number of anilines is 1. The number of hydrogen-bond acceptors (Lipinski definition) is 10. The second-order valence-electron chi connectivity index (χ2n) is 6.79. The number of carbonyl (C=O) groups is 1. The number of rotatable bonds is 6. The molecule has 1 amide bonds. The van der Waals surface area contributed by atoms with E-state index in [0.29, 0.717) is 21.3 Å². The van der Waals surface area contributed by atoms with Gasteiger partial charge in [0.2, 0.25) is 11.6 Å². The summed E-state index contributed by atoms with van der Waals surface area (Å²) in [4.78, 5) is 12.9. The number of nitrogens with zero attached hydrogens (tertiary/aromatic N) is 6. The van der Waals surface area contributed by atoms with Crippen LogP contribution >= 0.6 is 15.9 Å². The molecule has 0 unspecified atom stereocenters. The number of aryl methyl sites for hydroxylation is 1. The molecule has 0 spiro atoms. The molecule has 0 radical (unpaired) electrons. The Morgan fingerprint density at radius 2 is 2.06 bits per heavy atom. The van der Waals surface area contributed by atoms with Crippen molar-refractivity contribution in [2.75, 3.05) is 12.8 Å². The average Bonchev–Trinajstić information content (AvgIpc) is 3.42. The number of halogens is 1. The zero-order valence-electron chi connectivity index (χ0n) is 17.4. The maximum Gasteiger partial charge on any atom is 0.294 e. The highest BCUT2D eigenvalue weighted by Crippen LogP contribution is 2.34. The van der Waals surface area contributed by atoms with Crippen LogP contribution in [-0.2, 0) is 0 Å². The van der Waals surface area contributed by atoms with Gasteiger partial charge in [-0.2, -0.15) is 9.78 Å². The number of ether oxygens (including phenoxy) is 1. The summed E-state index contributed by atoms with van der Waals surface area (Å²) in [6, 6.07) is 10.6. The largest absolute Gasteiger partial charge is 0.503 e. The molecule has 0 aliphatic heterocycles. The summed E-state index contributed by atoms with van der Waals surface area (Å²) >= 11 is 3.23. The third-order valence-electron chi connectivity index (χ3n) is 4.56. The van der Waals surface area contributed by atoms with Crippen molar-refractivity contribution in [2.45, 2.75) is 6.92 Å². The Morgan fingerprint density at radius 3 is 2.73 bits per heavy atom. The van der Waals surface area contributed by atoms with Crippen molar-refractivity contribution in [1.29, 1.82) is 0 Å². The molecule has 168 valence electrons. The van der Waals surface area contributed by atoms with Crippen LogP contribution in [0, 0.1) is 6.92 Å². The van der Waals surface area contributed by atoms with Crippen molar-refractivity contribution in [1.82, 2.24) is 30.7 Å². The summed E-state index contributed by atoms with van der Waals surface area (Å²) in [6.07, 6.45) is 1.39. The van der Waals surface area contributed by atoms with E-state index >= 15 is 0 Å². The van der Waals surface area contributed by atoms with Crippen molar-refractivity contribution in [3.05, 3.63) is 57.7 Å². The van der Waals surface area contributed by atoms with Gasteiger partial charge in [-0.1, -0.05) is 35.0 Å². The highest BCUT2D eigenvalue weighted by atomic mass is 79.9. The van der Waals surface area contributed by atoms with Gasteiger partial charge >= 0.3 is 0 Å². The van der Waals surface area contributed by atoms with Gasteiger partial charge in [-0.15, -0.1) is 5.10 Å². The van der Waals surface area contributed by atoms with Crippen LogP contribution in [0.5, 0.6) is 11.5 Å². The number of benzene rings is 2. The lowest BCUT2D eigenvalue weighted by Gasteiger charge is -2.07. The van der Waals surface area contributed by atoms with E-state index in [1.165, 1.54) is 18.0 Å². The number of hydrogen-bond donors (Lipinski definition) is 3. The third kappa shape index (κ3) is 4.39. The van der Waals surface area contributed by atoms with E-state index in [-0.39, 0.29) is 28.8 Å². The molecule has 0 aliphatic carbocycles. The molecule has 2 aromatic carbocycles. The Morgan fingerprint density at radius 1 is 1.30 bits per heavy atom. The van der Waals surface area contributed by atoms with Gasteiger partial charge in [-0.3, -0.25) is 4.79 Å². The second kappa shape index (κ2) is 9.08. The lowest BCUT2D eigenvalue weighted by molar-refractivity contribution is 0.0950. The molecule has 33 heavy (non-hydrogen) atoms. The van der Waals surface area contributed by atoms with Crippen molar-refractivity contribution < 1.29 is 19.3 Å². The predicted molar refractivity (Wildman–Crippen MR) is 121 cm³/mol. The van der Waals surface area contributed by atoms with E-state index < -0.39 is 5.91 Å². The van der Waals surface area contributed by atoms with Crippen molar-refractivity contribution >= 4 is 33.9 Å². The van der Waals surface area contributed by atoms with Crippen LogP contribution in [0.1, 0.15) is 21.6 Å². The smallest absolute Gasteiger partial charge is 0.294 e. The second-order valence-corrected chi connectivity index (χ2v) is 7.64. The first-order chi connectivity index (χ1) is 15.9.